The van der Waals surface area contributed by atoms with Crippen LogP contribution in [0.4, 0.5) is 0 Å². The summed E-state index contributed by atoms with van der Waals surface area (Å²) in [5.41, 5.74) is 3.91. The summed E-state index contributed by atoms with van der Waals surface area (Å²) < 4.78 is 5.60. The molecule has 0 heterocycles. The van der Waals surface area contributed by atoms with E-state index >= 15 is 0 Å². The lowest BCUT2D eigenvalue weighted by atomic mass is 9.48. The molecule has 156 valence electrons. The molecule has 0 aromatic heterocycles. The number of aliphatic carboxylic acids is 1. The van der Waals surface area contributed by atoms with Gasteiger partial charge in [0.1, 0.15) is 11.5 Å². The van der Waals surface area contributed by atoms with Gasteiger partial charge in [0, 0.05) is 17.2 Å². The Kier molecular flexibility index (Phi) is 4.61. The van der Waals surface area contributed by atoms with E-state index in [9.17, 15) is 9.90 Å². The summed E-state index contributed by atoms with van der Waals surface area (Å²) >= 11 is 0. The maximum absolute atomic E-state index is 10.9. The van der Waals surface area contributed by atoms with Gasteiger partial charge in [-0.1, -0.05) is 12.1 Å². The number of carbonyl (C=O) groups is 1. The van der Waals surface area contributed by atoms with Gasteiger partial charge in [0.2, 0.25) is 0 Å². The van der Waals surface area contributed by atoms with E-state index in [0.717, 1.165) is 51.8 Å². The Balaban J connectivity index is 1.57. The second-order valence-electron chi connectivity index (χ2n) is 9.56. The highest BCUT2D eigenvalue weighted by atomic mass is 16.5. The molecule has 4 aliphatic carbocycles. The Morgan fingerprint density at radius 2 is 1.70 bits per heavy atom. The third kappa shape index (κ3) is 3.28. The molecule has 4 nitrogen and oxygen atoms in total. The monoisotopic (exact) mass is 404 g/mol. The van der Waals surface area contributed by atoms with Crippen LogP contribution in [0.5, 0.6) is 11.5 Å². The zero-order chi connectivity index (χ0) is 20.9. The maximum Gasteiger partial charge on any atom is 0.328 e. The third-order valence-electron chi connectivity index (χ3n) is 7.56. The first-order valence-corrected chi connectivity index (χ1v) is 10.9. The van der Waals surface area contributed by atoms with Crippen LogP contribution in [0, 0.1) is 17.8 Å². The third-order valence-corrected chi connectivity index (χ3v) is 7.56. The number of rotatable bonds is 5. The summed E-state index contributed by atoms with van der Waals surface area (Å²) in [5, 5.41) is 19.8. The molecular formula is C26H28O4. The zero-order valence-electron chi connectivity index (χ0n) is 17.3. The second-order valence-corrected chi connectivity index (χ2v) is 9.56. The topological polar surface area (TPSA) is 66.8 Å². The molecule has 0 atom stereocenters. The van der Waals surface area contributed by atoms with E-state index in [2.05, 4.69) is 6.07 Å². The van der Waals surface area contributed by atoms with E-state index in [4.69, 9.17) is 9.84 Å². The Morgan fingerprint density at radius 1 is 1.03 bits per heavy atom. The Labute approximate surface area is 177 Å². The number of aromatic hydroxyl groups is 1. The summed E-state index contributed by atoms with van der Waals surface area (Å²) in [5.74, 6) is 2.59. The van der Waals surface area contributed by atoms with Gasteiger partial charge in [-0.3, -0.25) is 0 Å². The normalized spacial score (nSPS) is 29.4. The van der Waals surface area contributed by atoms with Gasteiger partial charge in [-0.2, -0.15) is 0 Å². The molecule has 4 fully saturated rings. The van der Waals surface area contributed by atoms with Crippen LogP contribution in [0.3, 0.4) is 0 Å². The first kappa shape index (κ1) is 19.2. The van der Waals surface area contributed by atoms with Crippen molar-refractivity contribution in [1.82, 2.24) is 0 Å². The van der Waals surface area contributed by atoms with Crippen LogP contribution in [-0.2, 0) is 10.2 Å². The van der Waals surface area contributed by atoms with Crippen LogP contribution < -0.4 is 4.74 Å². The smallest absolute Gasteiger partial charge is 0.328 e. The predicted molar refractivity (Wildman–Crippen MR) is 117 cm³/mol. The van der Waals surface area contributed by atoms with Crippen LogP contribution in [0.15, 0.2) is 42.5 Å². The SMILES string of the molecule is COc1ccc(C=CC(=O)O)cc1-c1ccc(O)c(C23CC4CC(CC(C4)C2)C3)c1. The minimum absolute atomic E-state index is 0.100. The van der Waals surface area contributed by atoms with Crippen LogP contribution in [0.2, 0.25) is 0 Å². The van der Waals surface area contributed by atoms with Crippen LogP contribution >= 0.6 is 0 Å². The van der Waals surface area contributed by atoms with E-state index in [1.165, 1.54) is 38.5 Å². The Hall–Kier alpha value is -2.75. The molecule has 2 aromatic rings. The predicted octanol–water partition coefficient (Wildman–Crippen LogP) is 5.63. The van der Waals surface area contributed by atoms with Crippen molar-refractivity contribution >= 4 is 12.0 Å². The molecule has 4 bridgehead atoms. The molecule has 4 heteroatoms. The van der Waals surface area contributed by atoms with Crippen molar-refractivity contribution in [3.8, 4) is 22.6 Å². The molecule has 0 radical (unpaired) electrons. The van der Waals surface area contributed by atoms with E-state index in [1.807, 2.05) is 30.3 Å². The van der Waals surface area contributed by atoms with Crippen molar-refractivity contribution in [1.29, 1.82) is 0 Å². The number of carboxylic acids is 1. The molecule has 0 aliphatic heterocycles. The van der Waals surface area contributed by atoms with Gasteiger partial charge in [-0.05, 0) is 103 Å². The lowest BCUT2D eigenvalue weighted by Gasteiger charge is -2.57. The van der Waals surface area contributed by atoms with Crippen molar-refractivity contribution in [2.45, 2.75) is 43.9 Å². The summed E-state index contributed by atoms with van der Waals surface area (Å²) in [6.07, 6.45) is 10.4. The number of phenols is 1. The Morgan fingerprint density at radius 3 is 2.30 bits per heavy atom. The molecular weight excluding hydrogens is 376 g/mol. The van der Waals surface area contributed by atoms with Crippen molar-refractivity contribution in [3.63, 3.8) is 0 Å². The van der Waals surface area contributed by atoms with Gasteiger partial charge in [0.15, 0.2) is 0 Å². The summed E-state index contributed by atoms with van der Waals surface area (Å²) in [6, 6.07) is 11.6. The number of methoxy groups -OCH3 is 1. The lowest BCUT2D eigenvalue weighted by Crippen LogP contribution is -2.48. The van der Waals surface area contributed by atoms with Crippen LogP contribution in [-0.4, -0.2) is 23.3 Å². The lowest BCUT2D eigenvalue weighted by molar-refractivity contribution is -0.131. The number of phenolic OH excluding ortho intramolecular Hbond substituents is 1. The van der Waals surface area contributed by atoms with Crippen LogP contribution in [0.25, 0.3) is 17.2 Å². The first-order chi connectivity index (χ1) is 14.5. The van der Waals surface area contributed by atoms with Crippen molar-refractivity contribution < 1.29 is 19.7 Å². The Bertz CT molecular complexity index is 984. The standard InChI is InChI=1S/C26H28O4/c1-30-24-6-2-16(3-7-25(28)29)11-21(24)20-4-5-23(27)22(12-20)26-13-17-8-18(14-26)10-19(9-17)15-26/h2-7,11-12,17-19,27H,8-10,13-15H2,1H3,(H,28,29). The van der Waals surface area contributed by atoms with Crippen molar-refractivity contribution in [3.05, 3.63) is 53.6 Å². The van der Waals surface area contributed by atoms with E-state index in [0.29, 0.717) is 5.75 Å². The summed E-state index contributed by atoms with van der Waals surface area (Å²) in [4.78, 5) is 10.9. The molecule has 2 N–H and O–H groups in total. The van der Waals surface area contributed by atoms with Gasteiger partial charge in [0.05, 0.1) is 7.11 Å². The van der Waals surface area contributed by atoms with Crippen molar-refractivity contribution in [2.24, 2.45) is 17.8 Å². The van der Waals surface area contributed by atoms with Gasteiger partial charge in [-0.25, -0.2) is 4.79 Å². The molecule has 2 aromatic carbocycles. The minimum atomic E-state index is -0.971. The number of carboxylic acid groups (broad SMARTS) is 1. The molecule has 6 rings (SSSR count). The van der Waals surface area contributed by atoms with Gasteiger partial charge in [0.25, 0.3) is 0 Å². The first-order valence-electron chi connectivity index (χ1n) is 10.9. The highest BCUT2D eigenvalue weighted by Gasteiger charge is 2.52. The molecule has 30 heavy (non-hydrogen) atoms. The fourth-order valence-corrected chi connectivity index (χ4v) is 6.79. The minimum Gasteiger partial charge on any atom is -0.508 e. The molecule has 0 spiro atoms. The van der Waals surface area contributed by atoms with E-state index in [-0.39, 0.29) is 5.41 Å². The number of hydrogen-bond donors (Lipinski definition) is 2. The highest BCUT2D eigenvalue weighted by Crippen LogP contribution is 2.62. The molecule has 4 aliphatic rings. The molecule has 0 amide bonds. The number of benzene rings is 2. The van der Waals surface area contributed by atoms with Gasteiger partial charge < -0.3 is 14.9 Å². The molecule has 0 saturated heterocycles. The maximum atomic E-state index is 10.9. The number of hydrogen-bond acceptors (Lipinski definition) is 3. The highest BCUT2D eigenvalue weighted by molar-refractivity contribution is 5.86. The quantitative estimate of drug-likeness (QED) is 0.634. The van der Waals surface area contributed by atoms with Gasteiger partial charge in [-0.15, -0.1) is 0 Å². The summed E-state index contributed by atoms with van der Waals surface area (Å²) in [7, 11) is 1.64. The van der Waals surface area contributed by atoms with E-state index < -0.39 is 5.97 Å². The number of ether oxygens (including phenoxy) is 1. The average Bonchev–Trinajstić information content (AvgIpc) is 2.71. The zero-order valence-corrected chi connectivity index (χ0v) is 17.3. The summed E-state index contributed by atoms with van der Waals surface area (Å²) in [6.45, 7) is 0. The van der Waals surface area contributed by atoms with Crippen LogP contribution in [0.1, 0.15) is 49.7 Å². The fourth-order valence-electron chi connectivity index (χ4n) is 6.79. The molecule has 4 saturated carbocycles. The second kappa shape index (κ2) is 7.19. The average molecular weight is 405 g/mol. The van der Waals surface area contributed by atoms with Crippen molar-refractivity contribution in [2.75, 3.05) is 7.11 Å². The van der Waals surface area contributed by atoms with E-state index in [1.54, 1.807) is 13.2 Å². The molecule has 0 unspecified atom stereocenters. The largest absolute Gasteiger partial charge is 0.508 e. The van der Waals surface area contributed by atoms with Gasteiger partial charge >= 0.3 is 5.97 Å². The fraction of sp³-hybridized carbons (Fsp3) is 0.423.